The van der Waals surface area contributed by atoms with Crippen LogP contribution in [0.3, 0.4) is 0 Å². The van der Waals surface area contributed by atoms with Crippen LogP contribution in [0.25, 0.3) is 0 Å². The van der Waals surface area contributed by atoms with E-state index in [0.29, 0.717) is 28.6 Å². The normalized spacial score (nSPS) is 10.9. The summed E-state index contributed by atoms with van der Waals surface area (Å²) < 4.78 is 3.28. The number of halogens is 1. The number of aryl methyl sites for hydroxylation is 3. The van der Waals surface area contributed by atoms with E-state index < -0.39 is 4.92 Å². The molecule has 0 fully saturated rings. The number of hydrogen-bond donors (Lipinski definition) is 1. The molecule has 0 aliphatic heterocycles. The number of carbonyl (C=O) groups is 1. The first-order chi connectivity index (χ1) is 13.7. The molecule has 152 valence electrons. The summed E-state index contributed by atoms with van der Waals surface area (Å²) in [4.78, 5) is 22.7. The van der Waals surface area contributed by atoms with Crippen LogP contribution in [0, 0.1) is 30.9 Å². The second-order valence-corrected chi connectivity index (χ2v) is 7.19. The summed E-state index contributed by atoms with van der Waals surface area (Å²) in [6.45, 7) is 6.23. The number of rotatable bonds is 7. The lowest BCUT2D eigenvalue weighted by Crippen LogP contribution is -2.16. The standard InChI is InChI=1S/C19H21ClN6O3/c1-12-9-17(26(28)29)23-24(12)8-7-18(27)21-19-13(2)22-25(14(19)3)11-15-5-4-6-16(20)10-15/h4-6,9-10H,7-8,11H2,1-3H3,(H,21,27). The number of nitro groups is 1. The van der Waals surface area contributed by atoms with Gasteiger partial charge in [0, 0.05) is 11.4 Å². The van der Waals surface area contributed by atoms with Gasteiger partial charge in [-0.05, 0) is 43.4 Å². The molecule has 0 saturated carbocycles. The molecule has 10 heteroatoms. The lowest BCUT2D eigenvalue weighted by atomic mass is 10.2. The second-order valence-electron chi connectivity index (χ2n) is 6.76. The molecule has 9 nitrogen and oxygen atoms in total. The zero-order valence-electron chi connectivity index (χ0n) is 16.3. The summed E-state index contributed by atoms with van der Waals surface area (Å²) in [6, 6.07) is 8.92. The molecule has 0 aliphatic rings. The maximum absolute atomic E-state index is 12.4. The first-order valence-electron chi connectivity index (χ1n) is 9.01. The van der Waals surface area contributed by atoms with Gasteiger partial charge >= 0.3 is 5.82 Å². The molecule has 0 atom stereocenters. The first-order valence-corrected chi connectivity index (χ1v) is 9.39. The number of anilines is 1. The third-order valence-electron chi connectivity index (χ3n) is 4.57. The Hall–Kier alpha value is -3.20. The van der Waals surface area contributed by atoms with Gasteiger partial charge in [0.2, 0.25) is 5.91 Å². The Morgan fingerprint density at radius 1 is 1.21 bits per heavy atom. The van der Waals surface area contributed by atoms with Crippen molar-refractivity contribution in [2.24, 2.45) is 0 Å². The van der Waals surface area contributed by atoms with Gasteiger partial charge in [0.25, 0.3) is 0 Å². The van der Waals surface area contributed by atoms with Crippen molar-refractivity contribution >= 4 is 29.0 Å². The number of nitrogens with one attached hydrogen (secondary N) is 1. The van der Waals surface area contributed by atoms with E-state index in [0.717, 1.165) is 11.3 Å². The Morgan fingerprint density at radius 2 is 1.97 bits per heavy atom. The van der Waals surface area contributed by atoms with E-state index >= 15 is 0 Å². The van der Waals surface area contributed by atoms with Gasteiger partial charge in [-0.3, -0.25) is 9.48 Å². The molecule has 3 rings (SSSR count). The Morgan fingerprint density at radius 3 is 2.62 bits per heavy atom. The smallest absolute Gasteiger partial charge is 0.358 e. The predicted octanol–water partition coefficient (Wildman–Crippen LogP) is 3.64. The average Bonchev–Trinajstić information content (AvgIpc) is 3.15. The molecule has 0 aliphatic carbocycles. The lowest BCUT2D eigenvalue weighted by Gasteiger charge is -2.08. The molecule has 29 heavy (non-hydrogen) atoms. The Labute approximate surface area is 172 Å². The minimum atomic E-state index is -0.551. The fraction of sp³-hybridized carbons (Fsp3) is 0.316. The number of amides is 1. The van der Waals surface area contributed by atoms with Crippen molar-refractivity contribution in [3.63, 3.8) is 0 Å². The Bertz CT molecular complexity index is 1070. The van der Waals surface area contributed by atoms with Crippen LogP contribution < -0.4 is 5.32 Å². The minimum absolute atomic E-state index is 0.137. The van der Waals surface area contributed by atoms with Gasteiger partial charge in [0.1, 0.15) is 0 Å². The predicted molar refractivity (Wildman–Crippen MR) is 109 cm³/mol. The molecule has 0 spiro atoms. The van der Waals surface area contributed by atoms with E-state index in [2.05, 4.69) is 15.5 Å². The maximum atomic E-state index is 12.4. The van der Waals surface area contributed by atoms with E-state index in [-0.39, 0.29) is 24.7 Å². The van der Waals surface area contributed by atoms with Crippen molar-refractivity contribution in [1.29, 1.82) is 0 Å². The SMILES string of the molecule is Cc1nn(Cc2cccc(Cl)c2)c(C)c1NC(=O)CCn1nc([N+](=O)[O-])cc1C. The van der Waals surface area contributed by atoms with Crippen LogP contribution in [-0.4, -0.2) is 30.4 Å². The van der Waals surface area contributed by atoms with Crippen LogP contribution in [0.1, 0.15) is 29.1 Å². The third-order valence-corrected chi connectivity index (χ3v) is 4.81. The molecule has 2 aromatic heterocycles. The number of carbonyl (C=O) groups excluding carboxylic acids is 1. The van der Waals surface area contributed by atoms with Gasteiger partial charge in [0.15, 0.2) is 0 Å². The van der Waals surface area contributed by atoms with Crippen LogP contribution in [0.15, 0.2) is 30.3 Å². The molecule has 1 amide bonds. The fourth-order valence-electron chi connectivity index (χ4n) is 3.06. The number of benzene rings is 1. The summed E-state index contributed by atoms with van der Waals surface area (Å²) >= 11 is 6.04. The zero-order chi connectivity index (χ0) is 21.1. The summed E-state index contributed by atoms with van der Waals surface area (Å²) in [6.07, 6.45) is 0.137. The summed E-state index contributed by atoms with van der Waals surface area (Å²) in [5.74, 6) is -0.437. The van der Waals surface area contributed by atoms with Crippen LogP contribution in [0.4, 0.5) is 11.5 Å². The summed E-state index contributed by atoms with van der Waals surface area (Å²) in [7, 11) is 0. The highest BCUT2D eigenvalue weighted by Crippen LogP contribution is 2.21. The zero-order valence-corrected chi connectivity index (χ0v) is 17.1. The number of aromatic nitrogens is 4. The van der Waals surface area contributed by atoms with Gasteiger partial charge in [-0.15, -0.1) is 0 Å². The Balaban J connectivity index is 1.66. The van der Waals surface area contributed by atoms with Crippen molar-refractivity contribution in [2.45, 2.75) is 40.3 Å². The second kappa shape index (κ2) is 8.44. The van der Waals surface area contributed by atoms with Crippen LogP contribution >= 0.6 is 11.6 Å². The summed E-state index contributed by atoms with van der Waals surface area (Å²) in [5.41, 5.74) is 3.86. The molecule has 0 saturated heterocycles. The largest absolute Gasteiger partial charge is 0.390 e. The number of nitrogens with zero attached hydrogens (tertiary/aromatic N) is 5. The van der Waals surface area contributed by atoms with E-state index in [4.69, 9.17) is 11.6 Å². The van der Waals surface area contributed by atoms with Gasteiger partial charge in [-0.1, -0.05) is 23.7 Å². The molecule has 3 aromatic rings. The summed E-state index contributed by atoms with van der Waals surface area (Å²) in [5, 5.41) is 22.8. The molecule has 0 bridgehead atoms. The molecule has 2 heterocycles. The van der Waals surface area contributed by atoms with Crippen molar-refractivity contribution in [3.8, 4) is 0 Å². The third kappa shape index (κ3) is 4.80. The highest BCUT2D eigenvalue weighted by molar-refractivity contribution is 6.30. The lowest BCUT2D eigenvalue weighted by molar-refractivity contribution is -0.389. The van der Waals surface area contributed by atoms with Crippen molar-refractivity contribution < 1.29 is 9.72 Å². The highest BCUT2D eigenvalue weighted by Gasteiger charge is 2.18. The Kier molecular flexibility index (Phi) is 5.97. The van der Waals surface area contributed by atoms with Crippen LogP contribution in [0.5, 0.6) is 0 Å². The molecule has 0 radical (unpaired) electrons. The van der Waals surface area contributed by atoms with Crippen molar-refractivity contribution in [3.05, 3.63) is 68.1 Å². The maximum Gasteiger partial charge on any atom is 0.390 e. The molecule has 0 unspecified atom stereocenters. The van der Waals surface area contributed by atoms with Gasteiger partial charge in [0.05, 0.1) is 47.0 Å². The minimum Gasteiger partial charge on any atom is -0.358 e. The molecular formula is C19H21ClN6O3. The van der Waals surface area contributed by atoms with Crippen molar-refractivity contribution in [1.82, 2.24) is 19.6 Å². The molecule has 1 aromatic carbocycles. The first kappa shape index (κ1) is 20.5. The molecular weight excluding hydrogens is 396 g/mol. The van der Waals surface area contributed by atoms with Gasteiger partial charge in [-0.25, -0.2) is 0 Å². The van der Waals surface area contributed by atoms with E-state index in [1.165, 1.54) is 10.7 Å². The van der Waals surface area contributed by atoms with Gasteiger partial charge in [-0.2, -0.15) is 9.78 Å². The molecule has 1 N–H and O–H groups in total. The van der Waals surface area contributed by atoms with E-state index in [9.17, 15) is 14.9 Å². The van der Waals surface area contributed by atoms with E-state index in [1.54, 1.807) is 6.92 Å². The fourth-order valence-corrected chi connectivity index (χ4v) is 3.27. The average molecular weight is 417 g/mol. The van der Waals surface area contributed by atoms with Gasteiger partial charge < -0.3 is 15.4 Å². The van der Waals surface area contributed by atoms with Crippen LogP contribution in [0.2, 0.25) is 5.02 Å². The number of hydrogen-bond acceptors (Lipinski definition) is 5. The topological polar surface area (TPSA) is 108 Å². The van der Waals surface area contributed by atoms with Crippen LogP contribution in [-0.2, 0) is 17.9 Å². The quantitative estimate of drug-likeness (QED) is 0.467. The van der Waals surface area contributed by atoms with E-state index in [1.807, 2.05) is 42.8 Å². The van der Waals surface area contributed by atoms with Crippen molar-refractivity contribution in [2.75, 3.05) is 5.32 Å². The highest BCUT2D eigenvalue weighted by atomic mass is 35.5. The monoisotopic (exact) mass is 416 g/mol.